The van der Waals surface area contributed by atoms with Gasteiger partial charge in [0.2, 0.25) is 0 Å². The molecule has 0 unspecified atom stereocenters. The summed E-state index contributed by atoms with van der Waals surface area (Å²) in [5.41, 5.74) is 3.15. The SMILES string of the molecule is C=C(CNc1cc(OC)c(Br)cc1Br)c1ccccc1. The molecule has 0 aliphatic carbocycles. The van der Waals surface area contributed by atoms with Crippen molar-refractivity contribution < 1.29 is 4.74 Å². The van der Waals surface area contributed by atoms with Gasteiger partial charge in [-0.3, -0.25) is 0 Å². The van der Waals surface area contributed by atoms with Gasteiger partial charge in [-0.2, -0.15) is 0 Å². The molecule has 4 heteroatoms. The van der Waals surface area contributed by atoms with Crippen LogP contribution in [0.1, 0.15) is 5.56 Å². The van der Waals surface area contributed by atoms with Crippen LogP contribution in [0.3, 0.4) is 0 Å². The minimum Gasteiger partial charge on any atom is -0.495 e. The lowest BCUT2D eigenvalue weighted by Crippen LogP contribution is -2.04. The van der Waals surface area contributed by atoms with Gasteiger partial charge in [-0.25, -0.2) is 0 Å². The van der Waals surface area contributed by atoms with Crippen molar-refractivity contribution in [2.24, 2.45) is 0 Å². The number of benzene rings is 2. The van der Waals surface area contributed by atoms with E-state index in [1.165, 1.54) is 0 Å². The van der Waals surface area contributed by atoms with Gasteiger partial charge in [0.1, 0.15) is 5.75 Å². The van der Waals surface area contributed by atoms with Crippen LogP contribution in [0.15, 0.2) is 58.0 Å². The van der Waals surface area contributed by atoms with E-state index in [9.17, 15) is 0 Å². The number of rotatable bonds is 5. The second-order valence-corrected chi connectivity index (χ2v) is 6.00. The van der Waals surface area contributed by atoms with Crippen LogP contribution in [0.25, 0.3) is 5.57 Å². The van der Waals surface area contributed by atoms with Crippen LogP contribution in [-0.4, -0.2) is 13.7 Å². The fraction of sp³-hybridized carbons (Fsp3) is 0.125. The van der Waals surface area contributed by atoms with Crippen molar-refractivity contribution in [1.29, 1.82) is 0 Å². The molecule has 2 nitrogen and oxygen atoms in total. The van der Waals surface area contributed by atoms with Crippen molar-refractivity contribution in [3.63, 3.8) is 0 Å². The second-order valence-electron chi connectivity index (χ2n) is 4.29. The molecule has 0 saturated carbocycles. The van der Waals surface area contributed by atoms with Crippen LogP contribution in [0.4, 0.5) is 5.69 Å². The Balaban J connectivity index is 2.09. The Morgan fingerprint density at radius 2 is 1.85 bits per heavy atom. The molecule has 0 aliphatic heterocycles. The highest BCUT2D eigenvalue weighted by Gasteiger charge is 2.07. The van der Waals surface area contributed by atoms with Gasteiger partial charge >= 0.3 is 0 Å². The average molecular weight is 397 g/mol. The average Bonchev–Trinajstić information content (AvgIpc) is 2.47. The molecule has 0 spiro atoms. The molecule has 0 radical (unpaired) electrons. The zero-order valence-electron chi connectivity index (χ0n) is 11.1. The summed E-state index contributed by atoms with van der Waals surface area (Å²) in [7, 11) is 1.65. The molecule has 0 atom stereocenters. The number of anilines is 1. The smallest absolute Gasteiger partial charge is 0.135 e. The fourth-order valence-electron chi connectivity index (χ4n) is 1.80. The van der Waals surface area contributed by atoms with Crippen LogP contribution < -0.4 is 10.1 Å². The van der Waals surface area contributed by atoms with Crippen LogP contribution >= 0.6 is 31.9 Å². The lowest BCUT2D eigenvalue weighted by molar-refractivity contribution is 0.412. The van der Waals surface area contributed by atoms with E-state index in [0.717, 1.165) is 31.5 Å². The van der Waals surface area contributed by atoms with E-state index in [4.69, 9.17) is 4.74 Å². The first kappa shape index (κ1) is 15.1. The van der Waals surface area contributed by atoms with Crippen molar-refractivity contribution in [2.75, 3.05) is 19.0 Å². The maximum absolute atomic E-state index is 5.30. The third kappa shape index (κ3) is 3.64. The van der Waals surface area contributed by atoms with Gasteiger partial charge in [0.25, 0.3) is 0 Å². The zero-order chi connectivity index (χ0) is 14.5. The molecule has 0 fully saturated rings. The predicted octanol–water partition coefficient (Wildman–Crippen LogP) is 5.35. The number of nitrogens with one attached hydrogen (secondary N) is 1. The van der Waals surface area contributed by atoms with Crippen LogP contribution in [0.2, 0.25) is 0 Å². The monoisotopic (exact) mass is 395 g/mol. The predicted molar refractivity (Wildman–Crippen MR) is 92.4 cm³/mol. The van der Waals surface area contributed by atoms with E-state index < -0.39 is 0 Å². The maximum atomic E-state index is 5.30. The highest BCUT2D eigenvalue weighted by Crippen LogP contribution is 2.34. The highest BCUT2D eigenvalue weighted by molar-refractivity contribution is 9.11. The van der Waals surface area contributed by atoms with Crippen molar-refractivity contribution in [3.8, 4) is 5.75 Å². The topological polar surface area (TPSA) is 21.3 Å². The molecule has 0 bridgehead atoms. The van der Waals surface area contributed by atoms with Crippen molar-refractivity contribution in [2.45, 2.75) is 0 Å². The zero-order valence-corrected chi connectivity index (χ0v) is 14.3. The number of halogens is 2. The molecule has 2 aromatic rings. The maximum Gasteiger partial charge on any atom is 0.135 e. The quantitative estimate of drug-likeness (QED) is 0.735. The van der Waals surface area contributed by atoms with Crippen LogP contribution in [-0.2, 0) is 0 Å². The molecular formula is C16H15Br2NO. The summed E-state index contributed by atoms with van der Waals surface area (Å²) in [5, 5.41) is 3.37. The number of ether oxygens (including phenoxy) is 1. The Kier molecular flexibility index (Phi) is 5.26. The summed E-state index contributed by atoms with van der Waals surface area (Å²) in [6.45, 7) is 4.79. The summed E-state index contributed by atoms with van der Waals surface area (Å²) in [6.07, 6.45) is 0. The lowest BCUT2D eigenvalue weighted by Gasteiger charge is -2.13. The summed E-state index contributed by atoms with van der Waals surface area (Å²) < 4.78 is 7.20. The first-order valence-corrected chi connectivity index (χ1v) is 7.70. The number of hydrogen-bond acceptors (Lipinski definition) is 2. The first-order chi connectivity index (χ1) is 9.61. The Bertz CT molecular complexity index is 611. The highest BCUT2D eigenvalue weighted by atomic mass is 79.9. The Labute approximate surface area is 136 Å². The Morgan fingerprint density at radius 1 is 1.15 bits per heavy atom. The molecule has 104 valence electrons. The second kappa shape index (κ2) is 6.95. The number of methoxy groups -OCH3 is 1. The third-order valence-corrected chi connectivity index (χ3v) is 4.19. The normalized spacial score (nSPS) is 10.2. The van der Waals surface area contributed by atoms with Gasteiger partial charge in [-0.05, 0) is 49.1 Å². The van der Waals surface area contributed by atoms with Gasteiger partial charge in [-0.1, -0.05) is 36.9 Å². The molecule has 0 heterocycles. The summed E-state index contributed by atoms with van der Waals surface area (Å²) in [6, 6.07) is 14.1. The molecular weight excluding hydrogens is 382 g/mol. The minimum atomic E-state index is 0.674. The summed E-state index contributed by atoms with van der Waals surface area (Å²) in [5.74, 6) is 0.793. The number of hydrogen-bond donors (Lipinski definition) is 1. The molecule has 1 N–H and O–H groups in total. The molecule has 20 heavy (non-hydrogen) atoms. The first-order valence-electron chi connectivity index (χ1n) is 6.12. The molecule has 2 rings (SSSR count). The van der Waals surface area contributed by atoms with Gasteiger partial charge in [0, 0.05) is 17.1 Å². The minimum absolute atomic E-state index is 0.674. The Morgan fingerprint density at radius 3 is 2.50 bits per heavy atom. The lowest BCUT2D eigenvalue weighted by atomic mass is 10.1. The van der Waals surface area contributed by atoms with Crippen molar-refractivity contribution in [1.82, 2.24) is 0 Å². The largest absolute Gasteiger partial charge is 0.495 e. The van der Waals surface area contributed by atoms with Crippen molar-refractivity contribution in [3.05, 3.63) is 63.6 Å². The van der Waals surface area contributed by atoms with E-state index in [1.54, 1.807) is 7.11 Å². The summed E-state index contributed by atoms with van der Waals surface area (Å²) in [4.78, 5) is 0. The fourth-order valence-corrected chi connectivity index (χ4v) is 3.09. The molecule has 0 amide bonds. The molecule has 0 aromatic heterocycles. The van der Waals surface area contributed by atoms with Crippen LogP contribution in [0, 0.1) is 0 Å². The van der Waals surface area contributed by atoms with Gasteiger partial charge in [0.15, 0.2) is 0 Å². The van der Waals surface area contributed by atoms with E-state index in [2.05, 4.69) is 55.9 Å². The van der Waals surface area contributed by atoms with E-state index in [0.29, 0.717) is 6.54 Å². The van der Waals surface area contributed by atoms with E-state index >= 15 is 0 Å². The van der Waals surface area contributed by atoms with E-state index in [1.807, 2.05) is 30.3 Å². The standard InChI is InChI=1S/C16H15Br2NO/c1-11(12-6-4-3-5-7-12)10-19-15-9-16(20-2)14(18)8-13(15)17/h3-9,19H,1,10H2,2H3. The van der Waals surface area contributed by atoms with Crippen molar-refractivity contribution >= 4 is 43.1 Å². The molecule has 0 aliphatic rings. The van der Waals surface area contributed by atoms with E-state index in [-0.39, 0.29) is 0 Å². The summed E-state index contributed by atoms with van der Waals surface area (Å²) >= 11 is 7.00. The van der Waals surface area contributed by atoms with Crippen LogP contribution in [0.5, 0.6) is 5.75 Å². The van der Waals surface area contributed by atoms with Gasteiger partial charge < -0.3 is 10.1 Å². The molecule has 2 aromatic carbocycles. The van der Waals surface area contributed by atoms with Gasteiger partial charge in [0.05, 0.1) is 17.3 Å². The van der Waals surface area contributed by atoms with Gasteiger partial charge in [-0.15, -0.1) is 0 Å². The molecule has 0 saturated heterocycles. The third-order valence-electron chi connectivity index (χ3n) is 2.92. The Hall–Kier alpha value is -1.26.